The highest BCUT2D eigenvalue weighted by Gasteiger charge is 2.17. The van der Waals surface area contributed by atoms with Gasteiger partial charge in [-0.3, -0.25) is 14.2 Å². The quantitative estimate of drug-likeness (QED) is 0.717. The van der Waals surface area contributed by atoms with Gasteiger partial charge in [0, 0.05) is 18.2 Å². The second-order valence-corrected chi connectivity index (χ2v) is 6.82. The first-order chi connectivity index (χ1) is 13.1. The van der Waals surface area contributed by atoms with Crippen LogP contribution < -0.4 is 10.9 Å². The van der Waals surface area contributed by atoms with Gasteiger partial charge in [-0.2, -0.15) is 5.10 Å². The molecule has 1 aliphatic heterocycles. The van der Waals surface area contributed by atoms with Gasteiger partial charge < -0.3 is 10.1 Å². The van der Waals surface area contributed by atoms with Gasteiger partial charge in [-0.05, 0) is 37.1 Å². The Kier molecular flexibility index (Phi) is 4.91. The Labute approximate surface area is 159 Å². The molecule has 1 fully saturated rings. The van der Waals surface area contributed by atoms with Crippen molar-refractivity contribution in [3.05, 3.63) is 52.2 Å². The largest absolute Gasteiger partial charge is 0.376 e. The number of ether oxygens (including phenoxy) is 1. The van der Waals surface area contributed by atoms with Gasteiger partial charge in [0.15, 0.2) is 5.65 Å². The first kappa shape index (κ1) is 17.7. The summed E-state index contributed by atoms with van der Waals surface area (Å²) in [5.74, 6) is -0.251. The van der Waals surface area contributed by atoms with E-state index in [4.69, 9.17) is 16.3 Å². The normalized spacial score (nSPS) is 16.7. The Bertz CT molecular complexity index is 1020. The van der Waals surface area contributed by atoms with Crippen LogP contribution in [0.1, 0.15) is 12.8 Å². The average Bonchev–Trinajstić information content (AvgIpc) is 3.33. The Morgan fingerprint density at radius 2 is 2.15 bits per heavy atom. The number of fused-ring (bicyclic) bond motifs is 1. The summed E-state index contributed by atoms with van der Waals surface area (Å²) in [6, 6.07) is 7.06. The molecule has 3 heterocycles. The van der Waals surface area contributed by atoms with E-state index >= 15 is 0 Å². The van der Waals surface area contributed by atoms with E-state index in [-0.39, 0.29) is 24.1 Å². The van der Waals surface area contributed by atoms with Crippen molar-refractivity contribution >= 4 is 28.5 Å². The van der Waals surface area contributed by atoms with Crippen LogP contribution in [-0.4, -0.2) is 44.5 Å². The van der Waals surface area contributed by atoms with Gasteiger partial charge >= 0.3 is 0 Å². The maximum Gasteiger partial charge on any atom is 0.264 e. The average molecular weight is 388 g/mol. The Morgan fingerprint density at radius 3 is 2.89 bits per heavy atom. The number of aromatic nitrogens is 4. The lowest BCUT2D eigenvalue weighted by molar-refractivity contribution is -0.122. The minimum Gasteiger partial charge on any atom is -0.376 e. The van der Waals surface area contributed by atoms with Gasteiger partial charge in [-0.25, -0.2) is 9.67 Å². The van der Waals surface area contributed by atoms with Crippen LogP contribution in [0.15, 0.2) is 41.6 Å². The summed E-state index contributed by atoms with van der Waals surface area (Å²) in [4.78, 5) is 29.1. The van der Waals surface area contributed by atoms with Crippen molar-refractivity contribution in [2.24, 2.45) is 0 Å². The summed E-state index contributed by atoms with van der Waals surface area (Å²) in [6.45, 7) is 1.09. The zero-order chi connectivity index (χ0) is 18.8. The van der Waals surface area contributed by atoms with E-state index in [1.54, 1.807) is 28.9 Å². The lowest BCUT2D eigenvalue weighted by Gasteiger charge is -2.11. The summed E-state index contributed by atoms with van der Waals surface area (Å²) in [7, 11) is 0. The molecule has 0 saturated carbocycles. The zero-order valence-electron chi connectivity index (χ0n) is 14.5. The molecular formula is C18H18ClN5O3. The SMILES string of the molecule is O=C(Cn1cnc2c(cnn2-c2ccc(Cl)cc2)c1=O)NC[C@H]1CCCO1. The molecule has 27 heavy (non-hydrogen) atoms. The van der Waals surface area contributed by atoms with Crippen LogP contribution in [-0.2, 0) is 16.1 Å². The number of carbonyl (C=O) groups excluding carboxylic acids is 1. The monoisotopic (exact) mass is 387 g/mol. The van der Waals surface area contributed by atoms with Gasteiger partial charge in [0.2, 0.25) is 5.91 Å². The van der Waals surface area contributed by atoms with Crippen LogP contribution in [0.5, 0.6) is 0 Å². The Balaban J connectivity index is 1.53. The molecule has 1 atom stereocenters. The molecule has 1 amide bonds. The lowest BCUT2D eigenvalue weighted by atomic mass is 10.2. The second kappa shape index (κ2) is 7.50. The van der Waals surface area contributed by atoms with Crippen molar-refractivity contribution in [2.45, 2.75) is 25.5 Å². The van der Waals surface area contributed by atoms with Crippen molar-refractivity contribution in [3.8, 4) is 5.69 Å². The fourth-order valence-electron chi connectivity index (χ4n) is 3.08. The first-order valence-electron chi connectivity index (χ1n) is 8.69. The van der Waals surface area contributed by atoms with Crippen molar-refractivity contribution in [1.82, 2.24) is 24.6 Å². The van der Waals surface area contributed by atoms with Crippen molar-refractivity contribution in [3.63, 3.8) is 0 Å². The fourth-order valence-corrected chi connectivity index (χ4v) is 3.20. The summed E-state index contributed by atoms with van der Waals surface area (Å²) in [6.07, 6.45) is 4.84. The molecule has 0 spiro atoms. The fraction of sp³-hybridized carbons (Fsp3) is 0.333. The van der Waals surface area contributed by atoms with E-state index in [1.165, 1.54) is 17.1 Å². The van der Waals surface area contributed by atoms with E-state index < -0.39 is 0 Å². The second-order valence-electron chi connectivity index (χ2n) is 6.39. The molecule has 1 aromatic carbocycles. The van der Waals surface area contributed by atoms with Crippen molar-refractivity contribution < 1.29 is 9.53 Å². The topological polar surface area (TPSA) is 91.0 Å². The molecule has 0 radical (unpaired) electrons. The highest BCUT2D eigenvalue weighted by Crippen LogP contribution is 2.16. The molecule has 1 aliphatic rings. The Morgan fingerprint density at radius 1 is 1.33 bits per heavy atom. The number of benzene rings is 1. The number of amides is 1. The van der Waals surface area contributed by atoms with Crippen LogP contribution >= 0.6 is 11.6 Å². The number of rotatable bonds is 5. The van der Waals surface area contributed by atoms with Gasteiger partial charge in [-0.15, -0.1) is 0 Å². The van der Waals surface area contributed by atoms with Crippen molar-refractivity contribution in [1.29, 1.82) is 0 Å². The number of hydrogen-bond donors (Lipinski definition) is 1. The highest BCUT2D eigenvalue weighted by atomic mass is 35.5. The third kappa shape index (κ3) is 3.72. The zero-order valence-corrected chi connectivity index (χ0v) is 15.2. The lowest BCUT2D eigenvalue weighted by Crippen LogP contribution is -2.36. The molecule has 1 saturated heterocycles. The van der Waals surface area contributed by atoms with Gasteiger partial charge in [0.25, 0.3) is 5.56 Å². The molecule has 140 valence electrons. The maximum atomic E-state index is 12.7. The minimum atomic E-state index is -0.313. The molecule has 2 aromatic heterocycles. The predicted molar refractivity (Wildman–Crippen MR) is 100 cm³/mol. The number of nitrogens with zero attached hydrogens (tertiary/aromatic N) is 4. The summed E-state index contributed by atoms with van der Waals surface area (Å²) >= 11 is 5.91. The third-order valence-corrected chi connectivity index (χ3v) is 4.74. The standard InChI is InChI=1S/C18H18ClN5O3/c19-12-3-5-13(6-4-12)24-17-15(9-22-24)18(26)23(11-21-17)10-16(25)20-8-14-2-1-7-27-14/h3-6,9,11,14H,1-2,7-8,10H2,(H,20,25)/t14-/m1/s1. The molecule has 3 aromatic rings. The molecule has 9 heteroatoms. The number of carbonyl (C=O) groups is 1. The predicted octanol–water partition coefficient (Wildman–Crippen LogP) is 1.53. The van der Waals surface area contributed by atoms with Gasteiger partial charge in [0.1, 0.15) is 18.3 Å². The van der Waals surface area contributed by atoms with E-state index in [2.05, 4.69) is 15.4 Å². The molecule has 0 bridgehead atoms. The summed E-state index contributed by atoms with van der Waals surface area (Å²) in [5, 5.41) is 8.00. The van der Waals surface area contributed by atoms with Crippen LogP contribution in [0.25, 0.3) is 16.7 Å². The molecule has 1 N–H and O–H groups in total. The van der Waals surface area contributed by atoms with E-state index in [0.717, 1.165) is 25.1 Å². The maximum absolute atomic E-state index is 12.7. The number of halogens is 1. The van der Waals surface area contributed by atoms with Crippen LogP contribution in [0.4, 0.5) is 0 Å². The Hall–Kier alpha value is -2.71. The van der Waals surface area contributed by atoms with E-state index in [9.17, 15) is 9.59 Å². The van der Waals surface area contributed by atoms with Crippen LogP contribution in [0.3, 0.4) is 0 Å². The highest BCUT2D eigenvalue weighted by molar-refractivity contribution is 6.30. The smallest absolute Gasteiger partial charge is 0.264 e. The third-order valence-electron chi connectivity index (χ3n) is 4.49. The number of nitrogens with one attached hydrogen (secondary N) is 1. The number of hydrogen-bond acceptors (Lipinski definition) is 5. The van der Waals surface area contributed by atoms with Crippen LogP contribution in [0.2, 0.25) is 5.02 Å². The van der Waals surface area contributed by atoms with Crippen molar-refractivity contribution in [2.75, 3.05) is 13.2 Å². The van der Waals surface area contributed by atoms with E-state index in [1.807, 2.05) is 0 Å². The molecular weight excluding hydrogens is 370 g/mol. The summed E-state index contributed by atoms with van der Waals surface area (Å²) in [5.41, 5.74) is 0.860. The molecule has 0 unspecified atom stereocenters. The van der Waals surface area contributed by atoms with Gasteiger partial charge in [-0.1, -0.05) is 11.6 Å². The van der Waals surface area contributed by atoms with E-state index in [0.29, 0.717) is 22.6 Å². The summed E-state index contributed by atoms with van der Waals surface area (Å²) < 4.78 is 8.32. The van der Waals surface area contributed by atoms with Crippen LogP contribution in [0, 0.1) is 0 Å². The molecule has 4 rings (SSSR count). The van der Waals surface area contributed by atoms with Gasteiger partial charge in [0.05, 0.1) is 18.0 Å². The molecule has 8 nitrogen and oxygen atoms in total. The first-order valence-corrected chi connectivity index (χ1v) is 9.07. The minimum absolute atomic E-state index is 0.0592. The molecule has 0 aliphatic carbocycles.